The van der Waals surface area contributed by atoms with E-state index in [0.717, 1.165) is 6.42 Å². The van der Waals surface area contributed by atoms with E-state index in [2.05, 4.69) is 5.32 Å². The van der Waals surface area contributed by atoms with Crippen LogP contribution in [0.3, 0.4) is 0 Å². The van der Waals surface area contributed by atoms with Crippen LogP contribution in [0.15, 0.2) is 42.5 Å². The highest BCUT2D eigenvalue weighted by Gasteiger charge is 2.14. The molecule has 3 N–H and O–H groups in total. The van der Waals surface area contributed by atoms with E-state index in [4.69, 9.17) is 19.9 Å². The number of halogens is 1. The monoisotopic (exact) mass is 364 g/mol. The van der Waals surface area contributed by atoms with Crippen molar-refractivity contribution in [2.45, 2.75) is 6.42 Å². The van der Waals surface area contributed by atoms with Gasteiger partial charge in [-0.1, -0.05) is 0 Å². The van der Waals surface area contributed by atoms with Crippen LogP contribution in [0.25, 0.3) is 0 Å². The summed E-state index contributed by atoms with van der Waals surface area (Å²) in [7, 11) is 0. The van der Waals surface area contributed by atoms with Crippen molar-refractivity contribution in [2.75, 3.05) is 31.7 Å². The SMILES string of the molecule is Cl.NCCOc1ccc(NC(=O)c2ccc3c(c2)OCCCO3)cc1. The molecule has 6 nitrogen and oxygen atoms in total. The zero-order valence-corrected chi connectivity index (χ0v) is 14.5. The summed E-state index contributed by atoms with van der Waals surface area (Å²) in [5.41, 5.74) is 6.60. The lowest BCUT2D eigenvalue weighted by Crippen LogP contribution is -2.12. The van der Waals surface area contributed by atoms with Gasteiger partial charge in [0.15, 0.2) is 11.5 Å². The molecule has 0 fully saturated rings. The Morgan fingerprint density at radius 2 is 1.80 bits per heavy atom. The summed E-state index contributed by atoms with van der Waals surface area (Å²) in [6.07, 6.45) is 0.828. The number of hydrogen-bond donors (Lipinski definition) is 2. The van der Waals surface area contributed by atoms with E-state index in [1.54, 1.807) is 42.5 Å². The Bertz CT molecular complexity index is 707. The lowest BCUT2D eigenvalue weighted by atomic mass is 10.2. The normalized spacial score (nSPS) is 12.5. The third-order valence-corrected chi connectivity index (χ3v) is 3.51. The highest BCUT2D eigenvalue weighted by molar-refractivity contribution is 6.04. The third kappa shape index (κ3) is 5.01. The van der Waals surface area contributed by atoms with Gasteiger partial charge in [0.25, 0.3) is 5.91 Å². The molecule has 1 amide bonds. The second-order valence-corrected chi connectivity index (χ2v) is 5.33. The molecule has 0 bridgehead atoms. The fourth-order valence-electron chi connectivity index (χ4n) is 2.32. The molecule has 0 saturated heterocycles. The predicted octanol–water partition coefficient (Wildman–Crippen LogP) is 2.86. The summed E-state index contributed by atoms with van der Waals surface area (Å²) < 4.78 is 16.6. The molecule has 0 aliphatic carbocycles. The molecule has 1 aliphatic heterocycles. The lowest BCUT2D eigenvalue weighted by molar-refractivity contribution is 0.102. The summed E-state index contributed by atoms with van der Waals surface area (Å²) in [6.45, 7) is 2.13. The van der Waals surface area contributed by atoms with Crippen LogP contribution in [0.4, 0.5) is 5.69 Å². The number of nitrogens with two attached hydrogens (primary N) is 1. The fraction of sp³-hybridized carbons (Fsp3) is 0.278. The number of hydrogen-bond acceptors (Lipinski definition) is 5. The maximum atomic E-state index is 12.4. The molecule has 0 atom stereocenters. The van der Waals surface area contributed by atoms with Gasteiger partial charge in [0.1, 0.15) is 12.4 Å². The first kappa shape index (κ1) is 18.9. The van der Waals surface area contributed by atoms with Gasteiger partial charge in [0.05, 0.1) is 13.2 Å². The molecule has 7 heteroatoms. The first-order valence-electron chi connectivity index (χ1n) is 7.90. The zero-order valence-electron chi connectivity index (χ0n) is 13.7. The number of benzene rings is 2. The number of anilines is 1. The molecule has 1 aliphatic rings. The van der Waals surface area contributed by atoms with Gasteiger partial charge in [-0.05, 0) is 42.5 Å². The molecule has 1 heterocycles. The standard InChI is InChI=1S/C18H20N2O4.ClH/c19-8-11-22-15-5-3-14(4-6-15)20-18(21)13-2-7-16-17(12-13)24-10-1-9-23-16;/h2-7,12H,1,8-11,19H2,(H,20,21);1H. The molecule has 0 unspecified atom stereocenters. The molecule has 2 aromatic rings. The Morgan fingerprint density at radius 3 is 2.52 bits per heavy atom. The van der Waals surface area contributed by atoms with Crippen LogP contribution in [0.2, 0.25) is 0 Å². The fourth-order valence-corrected chi connectivity index (χ4v) is 2.32. The van der Waals surface area contributed by atoms with Crippen LogP contribution in [-0.2, 0) is 0 Å². The van der Waals surface area contributed by atoms with E-state index in [-0.39, 0.29) is 18.3 Å². The van der Waals surface area contributed by atoms with E-state index in [1.165, 1.54) is 0 Å². The molecule has 2 aromatic carbocycles. The Labute approximate surface area is 152 Å². The van der Waals surface area contributed by atoms with E-state index in [9.17, 15) is 4.79 Å². The zero-order chi connectivity index (χ0) is 16.8. The first-order chi connectivity index (χ1) is 11.8. The molecule has 0 spiro atoms. The van der Waals surface area contributed by atoms with Gasteiger partial charge in [0.2, 0.25) is 0 Å². The van der Waals surface area contributed by atoms with Gasteiger partial charge in [0, 0.05) is 24.2 Å². The number of fused-ring (bicyclic) bond motifs is 1. The first-order valence-corrected chi connectivity index (χ1v) is 7.90. The molecular weight excluding hydrogens is 344 g/mol. The van der Waals surface area contributed by atoms with Crippen molar-refractivity contribution in [3.05, 3.63) is 48.0 Å². The minimum atomic E-state index is -0.207. The number of rotatable bonds is 5. The Kier molecular flexibility index (Phi) is 6.91. The maximum absolute atomic E-state index is 12.4. The predicted molar refractivity (Wildman–Crippen MR) is 98.2 cm³/mol. The van der Waals surface area contributed by atoms with Crippen LogP contribution in [0.1, 0.15) is 16.8 Å². The third-order valence-electron chi connectivity index (χ3n) is 3.51. The molecule has 0 saturated carbocycles. The van der Waals surface area contributed by atoms with Gasteiger partial charge in [-0.25, -0.2) is 0 Å². The maximum Gasteiger partial charge on any atom is 0.255 e. The Hall–Kier alpha value is -2.44. The van der Waals surface area contributed by atoms with Crippen LogP contribution in [-0.4, -0.2) is 32.3 Å². The quantitative estimate of drug-likeness (QED) is 0.852. The topological polar surface area (TPSA) is 82.8 Å². The Balaban J connectivity index is 0.00000225. The molecular formula is C18H21ClN2O4. The Morgan fingerprint density at radius 1 is 1.08 bits per heavy atom. The number of nitrogens with one attached hydrogen (secondary N) is 1. The van der Waals surface area contributed by atoms with Crippen molar-refractivity contribution in [2.24, 2.45) is 5.73 Å². The molecule has 25 heavy (non-hydrogen) atoms. The van der Waals surface area contributed by atoms with Crippen molar-refractivity contribution in [3.63, 3.8) is 0 Å². The molecule has 0 aromatic heterocycles. The minimum Gasteiger partial charge on any atom is -0.492 e. The van der Waals surface area contributed by atoms with Crippen molar-refractivity contribution in [3.8, 4) is 17.2 Å². The molecule has 0 radical (unpaired) electrons. The van der Waals surface area contributed by atoms with Crippen LogP contribution in [0, 0.1) is 0 Å². The van der Waals surface area contributed by atoms with Gasteiger partial charge in [-0.15, -0.1) is 12.4 Å². The second-order valence-electron chi connectivity index (χ2n) is 5.33. The summed E-state index contributed by atoms with van der Waals surface area (Å²) in [4.78, 5) is 12.4. The summed E-state index contributed by atoms with van der Waals surface area (Å²) in [6, 6.07) is 12.3. The van der Waals surface area contributed by atoms with Gasteiger partial charge in [-0.2, -0.15) is 0 Å². The van der Waals surface area contributed by atoms with Crippen molar-refractivity contribution < 1.29 is 19.0 Å². The van der Waals surface area contributed by atoms with Gasteiger partial charge >= 0.3 is 0 Å². The molecule has 134 valence electrons. The van der Waals surface area contributed by atoms with Crippen LogP contribution < -0.4 is 25.3 Å². The van der Waals surface area contributed by atoms with Gasteiger partial charge in [-0.3, -0.25) is 4.79 Å². The van der Waals surface area contributed by atoms with E-state index in [1.807, 2.05) is 0 Å². The smallest absolute Gasteiger partial charge is 0.255 e. The highest BCUT2D eigenvalue weighted by Crippen LogP contribution is 2.30. The number of ether oxygens (including phenoxy) is 3. The summed E-state index contributed by atoms with van der Waals surface area (Å²) >= 11 is 0. The average molecular weight is 365 g/mol. The lowest BCUT2D eigenvalue weighted by Gasteiger charge is -2.10. The number of carbonyl (C=O) groups is 1. The van der Waals surface area contributed by atoms with Crippen molar-refractivity contribution in [1.29, 1.82) is 0 Å². The van der Waals surface area contributed by atoms with Crippen molar-refractivity contribution in [1.82, 2.24) is 0 Å². The average Bonchev–Trinajstić information content (AvgIpc) is 2.85. The number of amides is 1. The summed E-state index contributed by atoms with van der Waals surface area (Å²) in [5, 5.41) is 2.85. The minimum absolute atomic E-state index is 0. The van der Waals surface area contributed by atoms with E-state index in [0.29, 0.717) is 54.9 Å². The molecule has 3 rings (SSSR count). The second kappa shape index (κ2) is 9.15. The van der Waals surface area contributed by atoms with Gasteiger partial charge < -0.3 is 25.3 Å². The summed E-state index contributed by atoms with van der Waals surface area (Å²) in [5.74, 6) is 1.78. The van der Waals surface area contributed by atoms with Crippen LogP contribution in [0.5, 0.6) is 17.2 Å². The number of carbonyl (C=O) groups excluding carboxylic acids is 1. The van der Waals surface area contributed by atoms with Crippen molar-refractivity contribution >= 4 is 24.0 Å². The van der Waals surface area contributed by atoms with E-state index < -0.39 is 0 Å². The largest absolute Gasteiger partial charge is 0.492 e. The van der Waals surface area contributed by atoms with Crippen LogP contribution >= 0.6 is 12.4 Å². The highest BCUT2D eigenvalue weighted by atomic mass is 35.5. The van der Waals surface area contributed by atoms with E-state index >= 15 is 0 Å².